The minimum atomic E-state index is -3.95. The number of nitrogens with one attached hydrogen (secondary N) is 1. The first-order valence-electron chi connectivity index (χ1n) is 12.6. The fourth-order valence-electron chi connectivity index (χ4n) is 4.75. The number of nitrogens with zero attached hydrogens (tertiary/aromatic N) is 4. The van der Waals surface area contributed by atoms with E-state index in [0.29, 0.717) is 60.9 Å². The minimum absolute atomic E-state index is 0.0630. The second-order valence-electron chi connectivity index (χ2n) is 9.25. The van der Waals surface area contributed by atoms with Gasteiger partial charge in [-0.25, -0.2) is 13.4 Å². The second kappa shape index (κ2) is 11.4. The molecule has 2 aromatic carbocycles. The van der Waals surface area contributed by atoms with Gasteiger partial charge in [0.25, 0.3) is 15.9 Å². The summed E-state index contributed by atoms with van der Waals surface area (Å²) < 4.78 is 34.5. The van der Waals surface area contributed by atoms with E-state index in [4.69, 9.17) is 10.5 Å². The highest BCUT2D eigenvalue weighted by atomic mass is 32.2. The summed E-state index contributed by atoms with van der Waals surface area (Å²) in [4.78, 5) is 25.9. The second-order valence-corrected chi connectivity index (χ2v) is 10.9. The molecule has 202 valence electrons. The van der Waals surface area contributed by atoms with E-state index >= 15 is 0 Å². The number of pyridine rings is 2. The molecule has 1 saturated heterocycles. The van der Waals surface area contributed by atoms with Crippen LogP contribution in [0.2, 0.25) is 0 Å². The maximum atomic E-state index is 13.3. The van der Waals surface area contributed by atoms with Crippen molar-refractivity contribution in [3.63, 3.8) is 0 Å². The fourth-order valence-corrected chi connectivity index (χ4v) is 6.03. The van der Waals surface area contributed by atoms with Crippen LogP contribution in [0.4, 0.5) is 5.69 Å². The van der Waals surface area contributed by atoms with Gasteiger partial charge in [-0.2, -0.15) is 0 Å². The van der Waals surface area contributed by atoms with E-state index in [9.17, 15) is 13.2 Å². The summed E-state index contributed by atoms with van der Waals surface area (Å²) in [6, 6.07) is 17.3. The fraction of sp³-hybridized carbons (Fsp3) is 0.250. The third kappa shape index (κ3) is 5.70. The topological polar surface area (TPSA) is 131 Å². The molecule has 3 N–H and O–H groups in total. The predicted octanol–water partition coefficient (Wildman–Crippen LogP) is 2.86. The molecule has 11 heteroatoms. The molecule has 4 aromatic rings. The first-order valence-corrected chi connectivity index (χ1v) is 14.1. The first-order chi connectivity index (χ1) is 18.9. The number of hydrogen-bond acceptors (Lipinski definition) is 8. The molecule has 1 amide bonds. The Hall–Kier alpha value is -4.06. The van der Waals surface area contributed by atoms with Gasteiger partial charge in [-0.15, -0.1) is 0 Å². The molecule has 0 saturated carbocycles. The summed E-state index contributed by atoms with van der Waals surface area (Å²) in [6.45, 7) is 3.32. The van der Waals surface area contributed by atoms with Crippen LogP contribution < -0.4 is 15.2 Å². The van der Waals surface area contributed by atoms with E-state index in [1.54, 1.807) is 54.7 Å². The number of anilines is 1. The average Bonchev–Trinajstić information content (AvgIpc) is 2.97. The van der Waals surface area contributed by atoms with Crippen molar-refractivity contribution in [1.29, 1.82) is 0 Å². The lowest BCUT2D eigenvalue weighted by atomic mass is 10.1. The number of benzene rings is 2. The molecule has 2 aromatic heterocycles. The first kappa shape index (κ1) is 26.5. The van der Waals surface area contributed by atoms with Gasteiger partial charge in [0, 0.05) is 68.2 Å². The Morgan fingerprint density at radius 3 is 2.49 bits per heavy atom. The van der Waals surface area contributed by atoms with Crippen LogP contribution in [0.15, 0.2) is 78.0 Å². The number of carbonyl (C=O) groups is 1. The summed E-state index contributed by atoms with van der Waals surface area (Å²) in [5.74, 6) is 0.494. The Balaban J connectivity index is 1.28. The van der Waals surface area contributed by atoms with Gasteiger partial charge >= 0.3 is 0 Å². The molecule has 0 bridgehead atoms. The molecule has 0 radical (unpaired) electrons. The van der Waals surface area contributed by atoms with Crippen LogP contribution in [0.25, 0.3) is 10.9 Å². The third-order valence-corrected chi connectivity index (χ3v) is 8.20. The quantitative estimate of drug-likeness (QED) is 0.345. The van der Waals surface area contributed by atoms with Crippen LogP contribution in [0, 0.1) is 0 Å². The van der Waals surface area contributed by atoms with Gasteiger partial charge < -0.3 is 15.4 Å². The summed E-state index contributed by atoms with van der Waals surface area (Å²) >= 11 is 0. The lowest BCUT2D eigenvalue weighted by Gasteiger charge is -2.35. The zero-order chi connectivity index (χ0) is 27.4. The number of amides is 1. The third-order valence-electron chi connectivity index (χ3n) is 6.80. The van der Waals surface area contributed by atoms with E-state index < -0.39 is 10.0 Å². The van der Waals surface area contributed by atoms with Crippen molar-refractivity contribution in [1.82, 2.24) is 19.8 Å². The molecule has 10 nitrogen and oxygen atoms in total. The van der Waals surface area contributed by atoms with Gasteiger partial charge in [-0.1, -0.05) is 24.3 Å². The van der Waals surface area contributed by atoms with Gasteiger partial charge in [0.05, 0.1) is 18.3 Å². The van der Waals surface area contributed by atoms with Crippen molar-refractivity contribution in [3.05, 3.63) is 89.7 Å². The molecule has 0 spiro atoms. The Labute approximate surface area is 227 Å². The Kier molecular flexibility index (Phi) is 7.73. The molecule has 1 aliphatic heterocycles. The zero-order valence-corrected chi connectivity index (χ0v) is 22.4. The van der Waals surface area contributed by atoms with Crippen LogP contribution in [-0.2, 0) is 23.1 Å². The lowest BCUT2D eigenvalue weighted by molar-refractivity contribution is 0.0627. The highest BCUT2D eigenvalue weighted by molar-refractivity contribution is 7.93. The zero-order valence-electron chi connectivity index (χ0n) is 21.6. The predicted molar refractivity (Wildman–Crippen MR) is 149 cm³/mol. The molecule has 0 atom stereocenters. The van der Waals surface area contributed by atoms with Gasteiger partial charge in [0.2, 0.25) is 5.88 Å². The number of sulfonamides is 1. The lowest BCUT2D eigenvalue weighted by Crippen LogP contribution is -2.48. The van der Waals surface area contributed by atoms with Crippen molar-refractivity contribution in [2.24, 2.45) is 5.73 Å². The standard InChI is InChI=1S/C28H30N6O4S/c1-38-27-22(7-4-12-31-27)19-33-13-15-34(16-14-33)28(35)21-9-10-24(23(17-21)18-29)32-39(36,37)25-8-2-5-20-6-3-11-30-26(20)25/h2-12,17,32H,13-16,18-19,29H2,1H3. The summed E-state index contributed by atoms with van der Waals surface area (Å²) in [5, 5.41) is 0.722. The average molecular weight is 547 g/mol. The van der Waals surface area contributed by atoms with Crippen molar-refractivity contribution in [2.75, 3.05) is 38.0 Å². The van der Waals surface area contributed by atoms with Gasteiger partial charge in [0.15, 0.2) is 0 Å². The van der Waals surface area contributed by atoms with Gasteiger partial charge in [0.1, 0.15) is 4.90 Å². The maximum absolute atomic E-state index is 13.3. The Morgan fingerprint density at radius 2 is 1.72 bits per heavy atom. The number of rotatable bonds is 8. The number of piperazine rings is 1. The van der Waals surface area contributed by atoms with E-state index in [1.807, 2.05) is 24.3 Å². The van der Waals surface area contributed by atoms with E-state index in [0.717, 1.165) is 10.9 Å². The number of para-hydroxylation sites is 1. The Bertz CT molecular complexity index is 1600. The number of methoxy groups -OCH3 is 1. The molecule has 0 aliphatic carbocycles. The summed E-state index contributed by atoms with van der Waals surface area (Å²) in [6.07, 6.45) is 3.26. The van der Waals surface area contributed by atoms with Crippen LogP contribution in [0.1, 0.15) is 21.5 Å². The molecule has 1 fully saturated rings. The summed E-state index contributed by atoms with van der Waals surface area (Å²) in [7, 11) is -2.34. The van der Waals surface area contributed by atoms with Crippen LogP contribution in [0.3, 0.4) is 0 Å². The molecular weight excluding hydrogens is 516 g/mol. The molecule has 1 aliphatic rings. The number of ether oxygens (including phenoxy) is 1. The van der Waals surface area contributed by atoms with Crippen molar-refractivity contribution in [3.8, 4) is 5.88 Å². The van der Waals surface area contributed by atoms with E-state index in [-0.39, 0.29) is 17.3 Å². The number of carbonyl (C=O) groups excluding carboxylic acids is 1. The number of aromatic nitrogens is 2. The van der Waals surface area contributed by atoms with Crippen molar-refractivity contribution in [2.45, 2.75) is 18.0 Å². The van der Waals surface area contributed by atoms with E-state index in [1.165, 1.54) is 6.07 Å². The smallest absolute Gasteiger partial charge is 0.264 e. The monoisotopic (exact) mass is 546 g/mol. The highest BCUT2D eigenvalue weighted by Gasteiger charge is 2.25. The van der Waals surface area contributed by atoms with Crippen LogP contribution >= 0.6 is 0 Å². The maximum Gasteiger partial charge on any atom is 0.264 e. The molecule has 5 rings (SSSR count). The molecular formula is C28H30N6O4S. The minimum Gasteiger partial charge on any atom is -0.481 e. The summed E-state index contributed by atoms with van der Waals surface area (Å²) in [5.41, 5.74) is 8.68. The highest BCUT2D eigenvalue weighted by Crippen LogP contribution is 2.26. The normalized spacial score (nSPS) is 14.4. The number of nitrogens with two attached hydrogens (primary N) is 1. The largest absolute Gasteiger partial charge is 0.481 e. The van der Waals surface area contributed by atoms with Crippen LogP contribution in [0.5, 0.6) is 5.88 Å². The van der Waals surface area contributed by atoms with Gasteiger partial charge in [-0.05, 0) is 42.0 Å². The molecule has 3 heterocycles. The van der Waals surface area contributed by atoms with Crippen molar-refractivity contribution < 1.29 is 17.9 Å². The van der Waals surface area contributed by atoms with E-state index in [2.05, 4.69) is 19.6 Å². The van der Waals surface area contributed by atoms with Gasteiger partial charge in [-0.3, -0.25) is 19.4 Å². The SMILES string of the molecule is COc1ncccc1CN1CCN(C(=O)c2ccc(NS(=O)(=O)c3cccc4cccnc34)c(CN)c2)CC1. The number of hydrogen-bond donors (Lipinski definition) is 2. The van der Waals surface area contributed by atoms with Crippen LogP contribution in [-0.4, -0.2) is 67.4 Å². The number of fused-ring (bicyclic) bond motifs is 1. The molecule has 0 unspecified atom stereocenters. The van der Waals surface area contributed by atoms with Crippen molar-refractivity contribution >= 4 is 32.5 Å². The molecule has 39 heavy (non-hydrogen) atoms. The Morgan fingerprint density at radius 1 is 0.974 bits per heavy atom.